The topological polar surface area (TPSA) is 63.5 Å². The standard InChI is InChI=1S/C20H17ClF3N3O2/c21-15-4-1-13(2-5-15)17(28)6-8-19(29)25-10-9-16-12-27-11-14(20(22,23)24)3-7-18(27)26-16/h1-5,7,11-12H,6,8-10H2,(H,25,29). The Morgan fingerprint density at radius 2 is 1.76 bits per heavy atom. The van der Waals surface area contributed by atoms with E-state index in [-0.39, 0.29) is 31.1 Å². The second-order valence-electron chi connectivity index (χ2n) is 6.44. The Kier molecular flexibility index (Phi) is 6.22. The van der Waals surface area contributed by atoms with Gasteiger partial charge in [0.25, 0.3) is 0 Å². The van der Waals surface area contributed by atoms with E-state index in [2.05, 4.69) is 10.3 Å². The molecule has 1 aromatic carbocycles. The van der Waals surface area contributed by atoms with Crippen molar-refractivity contribution in [3.05, 3.63) is 70.6 Å². The third kappa shape index (κ3) is 5.57. The van der Waals surface area contributed by atoms with E-state index in [1.807, 2.05) is 0 Å². The van der Waals surface area contributed by atoms with Gasteiger partial charge in [-0.2, -0.15) is 13.2 Å². The van der Waals surface area contributed by atoms with Crippen molar-refractivity contribution in [2.75, 3.05) is 6.54 Å². The highest BCUT2D eigenvalue weighted by Gasteiger charge is 2.30. The first-order valence-corrected chi connectivity index (χ1v) is 9.20. The van der Waals surface area contributed by atoms with E-state index in [1.54, 1.807) is 24.3 Å². The SMILES string of the molecule is O=C(CCC(=O)c1ccc(Cl)cc1)NCCc1cn2cc(C(F)(F)F)ccc2n1. The summed E-state index contributed by atoms with van der Waals surface area (Å²) in [6.07, 6.45) is -1.47. The molecular formula is C20H17ClF3N3O2. The van der Waals surface area contributed by atoms with Gasteiger partial charge in [0.05, 0.1) is 11.3 Å². The van der Waals surface area contributed by atoms with Crippen molar-refractivity contribution in [1.29, 1.82) is 0 Å². The van der Waals surface area contributed by atoms with Crippen molar-refractivity contribution in [3.8, 4) is 0 Å². The fourth-order valence-electron chi connectivity index (χ4n) is 2.76. The van der Waals surface area contributed by atoms with Crippen LogP contribution in [-0.4, -0.2) is 27.6 Å². The number of hydrogen-bond donors (Lipinski definition) is 1. The lowest BCUT2D eigenvalue weighted by Crippen LogP contribution is -2.26. The predicted molar refractivity (Wildman–Crippen MR) is 102 cm³/mol. The molecule has 0 saturated carbocycles. The minimum absolute atomic E-state index is 0.0432. The van der Waals surface area contributed by atoms with Crippen molar-refractivity contribution < 1.29 is 22.8 Å². The van der Waals surface area contributed by atoms with Crippen molar-refractivity contribution in [3.63, 3.8) is 0 Å². The maximum atomic E-state index is 12.8. The Morgan fingerprint density at radius 3 is 2.45 bits per heavy atom. The zero-order valence-corrected chi connectivity index (χ0v) is 15.9. The van der Waals surface area contributed by atoms with Crippen LogP contribution in [0.15, 0.2) is 48.8 Å². The summed E-state index contributed by atoms with van der Waals surface area (Å²) in [7, 11) is 0. The molecule has 0 spiro atoms. The average Bonchev–Trinajstić information content (AvgIpc) is 3.08. The molecule has 0 aliphatic heterocycles. The Hall–Kier alpha value is -2.87. The number of rotatable bonds is 7. The summed E-state index contributed by atoms with van der Waals surface area (Å²) in [5, 5.41) is 3.21. The second kappa shape index (κ2) is 8.65. The quantitative estimate of drug-likeness (QED) is 0.575. The Labute approximate surface area is 169 Å². The largest absolute Gasteiger partial charge is 0.417 e. The number of nitrogens with zero attached hydrogens (tertiary/aromatic N) is 2. The molecule has 0 atom stereocenters. The number of amides is 1. The van der Waals surface area contributed by atoms with Crippen LogP contribution in [0, 0.1) is 0 Å². The number of aromatic nitrogens is 2. The van der Waals surface area contributed by atoms with Crippen LogP contribution in [0.25, 0.3) is 5.65 Å². The number of hydrogen-bond acceptors (Lipinski definition) is 3. The zero-order chi connectivity index (χ0) is 21.0. The fourth-order valence-corrected chi connectivity index (χ4v) is 2.88. The molecule has 0 aliphatic carbocycles. The molecule has 0 aliphatic rings. The van der Waals surface area contributed by atoms with Crippen LogP contribution in [-0.2, 0) is 17.4 Å². The van der Waals surface area contributed by atoms with Gasteiger partial charge in [0.2, 0.25) is 5.91 Å². The first kappa shape index (κ1) is 20.9. The molecule has 1 amide bonds. The van der Waals surface area contributed by atoms with Crippen LogP contribution in [0.5, 0.6) is 0 Å². The summed E-state index contributed by atoms with van der Waals surface area (Å²) in [4.78, 5) is 28.2. The highest BCUT2D eigenvalue weighted by Crippen LogP contribution is 2.29. The fraction of sp³-hybridized carbons (Fsp3) is 0.250. The molecule has 0 radical (unpaired) electrons. The molecule has 29 heavy (non-hydrogen) atoms. The molecular weight excluding hydrogens is 407 g/mol. The van der Waals surface area contributed by atoms with E-state index in [9.17, 15) is 22.8 Å². The molecule has 0 saturated heterocycles. The molecule has 9 heteroatoms. The third-order valence-electron chi connectivity index (χ3n) is 4.28. The van der Waals surface area contributed by atoms with Crippen LogP contribution in [0.4, 0.5) is 13.2 Å². The Bertz CT molecular complexity index is 1030. The van der Waals surface area contributed by atoms with Gasteiger partial charge < -0.3 is 9.72 Å². The number of imidazole rings is 1. The first-order chi connectivity index (χ1) is 13.7. The number of Topliss-reactive ketones (excluding diaryl/α,β-unsaturated/α-hetero) is 1. The van der Waals surface area contributed by atoms with Gasteiger partial charge in [-0.15, -0.1) is 0 Å². The summed E-state index contributed by atoms with van der Waals surface area (Å²) in [5.74, 6) is -0.437. The first-order valence-electron chi connectivity index (χ1n) is 8.83. The molecule has 3 aromatic rings. The summed E-state index contributed by atoms with van der Waals surface area (Å²) in [6.45, 7) is 0.268. The molecule has 152 valence electrons. The van der Waals surface area contributed by atoms with Gasteiger partial charge in [0.1, 0.15) is 5.65 Å². The number of nitrogens with one attached hydrogen (secondary N) is 1. The average molecular weight is 424 g/mol. The zero-order valence-electron chi connectivity index (χ0n) is 15.2. The monoisotopic (exact) mass is 423 g/mol. The van der Waals surface area contributed by atoms with E-state index < -0.39 is 11.7 Å². The van der Waals surface area contributed by atoms with Gasteiger partial charge in [-0.3, -0.25) is 9.59 Å². The molecule has 0 unspecified atom stereocenters. The number of halogens is 4. The van der Waals surface area contributed by atoms with E-state index in [4.69, 9.17) is 11.6 Å². The van der Waals surface area contributed by atoms with Crippen molar-refractivity contribution in [2.45, 2.75) is 25.4 Å². The smallest absolute Gasteiger partial charge is 0.356 e. The minimum atomic E-state index is -4.42. The number of carbonyl (C=O) groups excluding carboxylic acids is 2. The Morgan fingerprint density at radius 1 is 1.03 bits per heavy atom. The molecule has 0 bridgehead atoms. The summed E-state index contributed by atoms with van der Waals surface area (Å²) >= 11 is 5.77. The predicted octanol–water partition coefficient (Wildman–Crippen LogP) is 4.33. The maximum absolute atomic E-state index is 12.8. The number of carbonyl (C=O) groups is 2. The lowest BCUT2D eigenvalue weighted by Gasteiger charge is -2.05. The summed E-state index contributed by atoms with van der Waals surface area (Å²) < 4.78 is 39.6. The minimum Gasteiger partial charge on any atom is -0.356 e. The Balaban J connectivity index is 1.47. The molecule has 1 N–H and O–H groups in total. The van der Waals surface area contributed by atoms with Gasteiger partial charge in [-0.1, -0.05) is 11.6 Å². The molecule has 2 aromatic heterocycles. The molecule has 3 rings (SSSR count). The normalized spacial score (nSPS) is 11.6. The lowest BCUT2D eigenvalue weighted by molar-refractivity contribution is -0.137. The van der Waals surface area contributed by atoms with E-state index in [0.29, 0.717) is 28.3 Å². The van der Waals surface area contributed by atoms with Crippen LogP contribution in [0.3, 0.4) is 0 Å². The van der Waals surface area contributed by atoms with Crippen LogP contribution < -0.4 is 5.32 Å². The van der Waals surface area contributed by atoms with Crippen LogP contribution in [0.1, 0.15) is 34.5 Å². The van der Waals surface area contributed by atoms with Crippen molar-refractivity contribution in [1.82, 2.24) is 14.7 Å². The number of benzene rings is 1. The van der Waals surface area contributed by atoms with Gasteiger partial charge in [0, 0.05) is 48.8 Å². The third-order valence-corrected chi connectivity index (χ3v) is 4.53. The number of ketones is 1. The highest BCUT2D eigenvalue weighted by atomic mass is 35.5. The van der Waals surface area contributed by atoms with Crippen LogP contribution in [0.2, 0.25) is 5.02 Å². The van der Waals surface area contributed by atoms with Gasteiger partial charge >= 0.3 is 6.18 Å². The summed E-state index contributed by atoms with van der Waals surface area (Å²) in [5.41, 5.74) is 0.687. The summed E-state index contributed by atoms with van der Waals surface area (Å²) in [6, 6.07) is 8.72. The highest BCUT2D eigenvalue weighted by molar-refractivity contribution is 6.30. The molecule has 2 heterocycles. The van der Waals surface area contributed by atoms with E-state index in [0.717, 1.165) is 12.3 Å². The van der Waals surface area contributed by atoms with Crippen LogP contribution >= 0.6 is 11.6 Å². The number of fused-ring (bicyclic) bond motifs is 1. The number of alkyl halides is 3. The van der Waals surface area contributed by atoms with E-state index >= 15 is 0 Å². The van der Waals surface area contributed by atoms with E-state index in [1.165, 1.54) is 16.7 Å². The molecule has 5 nitrogen and oxygen atoms in total. The van der Waals surface area contributed by atoms with Gasteiger partial charge in [0.15, 0.2) is 5.78 Å². The maximum Gasteiger partial charge on any atom is 0.417 e. The number of pyridine rings is 1. The van der Waals surface area contributed by atoms with Gasteiger partial charge in [-0.25, -0.2) is 4.98 Å². The van der Waals surface area contributed by atoms with Gasteiger partial charge in [-0.05, 0) is 36.4 Å². The van der Waals surface area contributed by atoms with Crippen molar-refractivity contribution in [2.24, 2.45) is 0 Å². The lowest BCUT2D eigenvalue weighted by atomic mass is 10.1. The van der Waals surface area contributed by atoms with Crippen molar-refractivity contribution >= 4 is 28.9 Å². The second-order valence-corrected chi connectivity index (χ2v) is 6.88. The molecule has 0 fully saturated rings.